The molecular formula is C24H21F3N4O2. The van der Waals surface area contributed by atoms with E-state index in [2.05, 4.69) is 15.4 Å². The summed E-state index contributed by atoms with van der Waals surface area (Å²) in [5.74, 6) is -0.903. The standard InChI is InChI=1S/C24H21F3N4O2/c1-3-19-18(22-29-21(28-2)13-20(24(25,26)27)31(22)30-19)12-14-8-10-15(11-9-14)16-6-4-5-7-17(16)23(32)33/h4-11,13H,3,12H2,1-2H3,(H,28,29)(H,32,33). The van der Waals surface area contributed by atoms with Crippen molar-refractivity contribution in [1.29, 1.82) is 0 Å². The van der Waals surface area contributed by atoms with Gasteiger partial charge in [-0.3, -0.25) is 0 Å². The van der Waals surface area contributed by atoms with Gasteiger partial charge in [0.25, 0.3) is 0 Å². The maximum atomic E-state index is 13.6. The summed E-state index contributed by atoms with van der Waals surface area (Å²) < 4.78 is 41.8. The number of anilines is 1. The number of aromatic carboxylic acids is 1. The Balaban J connectivity index is 1.76. The molecule has 2 aromatic carbocycles. The number of halogens is 3. The van der Waals surface area contributed by atoms with E-state index in [0.29, 0.717) is 29.7 Å². The van der Waals surface area contributed by atoms with Crippen LogP contribution in [0.25, 0.3) is 16.8 Å². The summed E-state index contributed by atoms with van der Waals surface area (Å²) in [6.45, 7) is 1.84. The van der Waals surface area contributed by atoms with Gasteiger partial charge in [0.05, 0.1) is 11.3 Å². The van der Waals surface area contributed by atoms with Crippen molar-refractivity contribution in [2.45, 2.75) is 25.9 Å². The molecule has 0 bridgehead atoms. The van der Waals surface area contributed by atoms with Gasteiger partial charge in [0, 0.05) is 25.1 Å². The number of hydrogen-bond donors (Lipinski definition) is 2. The van der Waals surface area contributed by atoms with Crippen molar-refractivity contribution in [3.8, 4) is 11.1 Å². The molecule has 0 radical (unpaired) electrons. The number of aromatic nitrogens is 3. The molecule has 2 N–H and O–H groups in total. The Labute approximate surface area is 187 Å². The molecule has 0 aliphatic carbocycles. The Kier molecular flexibility index (Phi) is 5.80. The van der Waals surface area contributed by atoms with Crippen molar-refractivity contribution < 1.29 is 23.1 Å². The van der Waals surface area contributed by atoms with Crippen molar-refractivity contribution in [2.75, 3.05) is 12.4 Å². The summed E-state index contributed by atoms with van der Waals surface area (Å²) in [6, 6.07) is 14.9. The maximum absolute atomic E-state index is 13.6. The Morgan fingerprint density at radius 2 is 1.82 bits per heavy atom. The Morgan fingerprint density at radius 3 is 2.42 bits per heavy atom. The molecule has 170 valence electrons. The molecule has 0 aliphatic rings. The number of carboxylic acid groups (broad SMARTS) is 1. The van der Waals surface area contributed by atoms with Crippen LogP contribution in [0, 0.1) is 0 Å². The minimum atomic E-state index is -4.58. The second kappa shape index (κ2) is 8.57. The van der Waals surface area contributed by atoms with E-state index >= 15 is 0 Å². The van der Waals surface area contributed by atoms with Crippen molar-refractivity contribution in [1.82, 2.24) is 14.6 Å². The Hall–Kier alpha value is -3.88. The molecule has 0 fully saturated rings. The minimum Gasteiger partial charge on any atom is -0.478 e. The quantitative estimate of drug-likeness (QED) is 0.413. The van der Waals surface area contributed by atoms with Gasteiger partial charge in [-0.25, -0.2) is 14.3 Å². The van der Waals surface area contributed by atoms with E-state index in [4.69, 9.17) is 0 Å². The number of hydrogen-bond acceptors (Lipinski definition) is 4. The van der Waals surface area contributed by atoms with E-state index in [0.717, 1.165) is 21.7 Å². The van der Waals surface area contributed by atoms with E-state index in [1.165, 1.54) is 7.05 Å². The lowest BCUT2D eigenvalue weighted by molar-refractivity contribution is -0.142. The molecule has 0 spiro atoms. The van der Waals surface area contributed by atoms with E-state index in [1.807, 2.05) is 31.2 Å². The van der Waals surface area contributed by atoms with Crippen molar-refractivity contribution in [3.63, 3.8) is 0 Å². The summed E-state index contributed by atoms with van der Waals surface area (Å²) >= 11 is 0. The fraction of sp³-hybridized carbons (Fsp3) is 0.208. The smallest absolute Gasteiger partial charge is 0.433 e. The SMILES string of the molecule is CCc1nn2c(C(F)(F)F)cc(NC)nc2c1Cc1ccc(-c2ccccc2C(=O)O)cc1. The zero-order valence-electron chi connectivity index (χ0n) is 17.9. The van der Waals surface area contributed by atoms with Crippen molar-refractivity contribution in [2.24, 2.45) is 0 Å². The zero-order chi connectivity index (χ0) is 23.8. The fourth-order valence-corrected chi connectivity index (χ4v) is 3.83. The van der Waals surface area contributed by atoms with Crippen LogP contribution in [0.4, 0.5) is 19.0 Å². The van der Waals surface area contributed by atoms with Gasteiger partial charge in [-0.1, -0.05) is 49.4 Å². The van der Waals surface area contributed by atoms with Gasteiger partial charge in [-0.05, 0) is 29.2 Å². The lowest BCUT2D eigenvalue weighted by Crippen LogP contribution is -2.14. The predicted molar refractivity (Wildman–Crippen MR) is 119 cm³/mol. The van der Waals surface area contributed by atoms with Crippen LogP contribution >= 0.6 is 0 Å². The number of rotatable bonds is 6. The lowest BCUT2D eigenvalue weighted by atomic mass is 9.97. The highest BCUT2D eigenvalue weighted by Gasteiger charge is 2.36. The molecule has 33 heavy (non-hydrogen) atoms. The van der Waals surface area contributed by atoms with Crippen LogP contribution in [0.5, 0.6) is 0 Å². The molecule has 0 atom stereocenters. The topological polar surface area (TPSA) is 79.5 Å². The number of nitrogens with one attached hydrogen (secondary N) is 1. The number of benzene rings is 2. The third kappa shape index (κ3) is 4.26. The van der Waals surface area contributed by atoms with Gasteiger partial charge in [-0.15, -0.1) is 0 Å². The highest BCUT2D eigenvalue weighted by molar-refractivity contribution is 5.96. The molecule has 0 saturated carbocycles. The van der Waals surface area contributed by atoms with Crippen LogP contribution in [0.15, 0.2) is 54.6 Å². The summed E-state index contributed by atoms with van der Waals surface area (Å²) in [7, 11) is 1.52. The fourth-order valence-electron chi connectivity index (χ4n) is 3.83. The number of fused-ring (bicyclic) bond motifs is 1. The van der Waals surface area contributed by atoms with E-state index in [9.17, 15) is 23.1 Å². The predicted octanol–water partition coefficient (Wildman–Crippen LogP) is 5.31. The zero-order valence-corrected chi connectivity index (χ0v) is 17.9. The minimum absolute atomic E-state index is 0.110. The monoisotopic (exact) mass is 454 g/mol. The summed E-state index contributed by atoms with van der Waals surface area (Å²) in [4.78, 5) is 15.9. The van der Waals surface area contributed by atoms with Crippen molar-refractivity contribution >= 4 is 17.4 Å². The first kappa shape index (κ1) is 22.3. The first-order valence-corrected chi connectivity index (χ1v) is 10.3. The average Bonchev–Trinajstić information content (AvgIpc) is 3.15. The van der Waals surface area contributed by atoms with Gasteiger partial charge >= 0.3 is 12.1 Å². The molecule has 0 aliphatic heterocycles. The number of nitrogens with zero attached hydrogens (tertiary/aromatic N) is 3. The number of carboxylic acids is 1. The molecule has 4 aromatic rings. The van der Waals surface area contributed by atoms with Gasteiger partial charge in [0.1, 0.15) is 5.82 Å². The normalized spacial score (nSPS) is 11.7. The summed E-state index contributed by atoms with van der Waals surface area (Å²) in [5.41, 5.74) is 2.82. The molecule has 9 heteroatoms. The Morgan fingerprint density at radius 1 is 1.12 bits per heavy atom. The van der Waals surface area contributed by atoms with Crippen LogP contribution in [-0.2, 0) is 19.0 Å². The molecule has 0 saturated heterocycles. The maximum Gasteiger partial charge on any atom is 0.433 e. The second-order valence-electron chi connectivity index (χ2n) is 7.51. The first-order valence-electron chi connectivity index (χ1n) is 10.3. The van der Waals surface area contributed by atoms with Gasteiger partial charge in [0.15, 0.2) is 11.3 Å². The van der Waals surface area contributed by atoms with Crippen LogP contribution in [0.1, 0.15) is 39.8 Å². The molecular weight excluding hydrogens is 433 g/mol. The van der Waals surface area contributed by atoms with Crippen molar-refractivity contribution in [3.05, 3.63) is 82.7 Å². The molecule has 6 nitrogen and oxygen atoms in total. The summed E-state index contributed by atoms with van der Waals surface area (Å²) in [5, 5.41) is 16.3. The highest BCUT2D eigenvalue weighted by Crippen LogP contribution is 2.33. The van der Waals surface area contributed by atoms with Gasteiger partial charge < -0.3 is 10.4 Å². The van der Waals surface area contributed by atoms with Gasteiger partial charge in [-0.2, -0.15) is 18.3 Å². The van der Waals surface area contributed by atoms with E-state index < -0.39 is 17.8 Å². The summed E-state index contributed by atoms with van der Waals surface area (Å²) in [6.07, 6.45) is -3.79. The number of alkyl halides is 3. The second-order valence-corrected chi connectivity index (χ2v) is 7.51. The van der Waals surface area contributed by atoms with Gasteiger partial charge in [0.2, 0.25) is 0 Å². The van der Waals surface area contributed by atoms with E-state index in [1.54, 1.807) is 24.3 Å². The molecule has 4 rings (SSSR count). The first-order chi connectivity index (χ1) is 15.7. The van der Waals surface area contributed by atoms with Crippen LogP contribution in [0.3, 0.4) is 0 Å². The molecule has 2 aromatic heterocycles. The highest BCUT2D eigenvalue weighted by atomic mass is 19.4. The average molecular weight is 454 g/mol. The number of aryl methyl sites for hydroxylation is 1. The number of carbonyl (C=O) groups is 1. The van der Waals surface area contributed by atoms with Crippen LogP contribution < -0.4 is 5.32 Å². The molecule has 0 amide bonds. The molecule has 2 heterocycles. The third-order valence-corrected chi connectivity index (χ3v) is 5.45. The molecule has 0 unspecified atom stereocenters. The van der Waals surface area contributed by atoms with Crippen LogP contribution in [-0.4, -0.2) is 32.7 Å². The lowest BCUT2D eigenvalue weighted by Gasteiger charge is -2.11. The van der Waals surface area contributed by atoms with Crippen LogP contribution in [0.2, 0.25) is 0 Å². The largest absolute Gasteiger partial charge is 0.478 e. The third-order valence-electron chi connectivity index (χ3n) is 5.45. The Bertz CT molecular complexity index is 1330. The van der Waals surface area contributed by atoms with E-state index in [-0.39, 0.29) is 17.0 Å².